The summed E-state index contributed by atoms with van der Waals surface area (Å²) in [6, 6.07) is 0.745. The van der Waals surface area contributed by atoms with Gasteiger partial charge in [-0.05, 0) is 33.6 Å². The van der Waals surface area contributed by atoms with E-state index in [2.05, 4.69) is 17.6 Å². The maximum atomic E-state index is 11.4. The van der Waals surface area contributed by atoms with Crippen molar-refractivity contribution in [3.05, 3.63) is 0 Å². The molecule has 1 amide bonds. The minimum atomic E-state index is -0.416. The molecule has 0 aliphatic carbocycles. The van der Waals surface area contributed by atoms with Crippen molar-refractivity contribution >= 4 is 6.09 Å². The predicted molar refractivity (Wildman–Crippen MR) is 59.9 cm³/mol. The summed E-state index contributed by atoms with van der Waals surface area (Å²) >= 11 is 0. The van der Waals surface area contributed by atoms with Crippen LogP contribution in [0.1, 0.15) is 40.5 Å². The number of amides is 1. The van der Waals surface area contributed by atoms with Crippen molar-refractivity contribution in [2.45, 2.75) is 58.2 Å². The molecule has 2 atom stereocenters. The molecule has 1 aliphatic rings. The van der Waals surface area contributed by atoms with E-state index in [0.717, 1.165) is 19.4 Å². The number of ether oxygens (including phenoxy) is 1. The van der Waals surface area contributed by atoms with Crippen molar-refractivity contribution in [2.75, 3.05) is 6.54 Å². The van der Waals surface area contributed by atoms with Gasteiger partial charge in [0.05, 0.1) is 0 Å². The second kappa shape index (κ2) is 4.84. The van der Waals surface area contributed by atoms with Gasteiger partial charge in [-0.2, -0.15) is 0 Å². The van der Waals surface area contributed by atoms with Gasteiger partial charge in [0.1, 0.15) is 5.60 Å². The van der Waals surface area contributed by atoms with Gasteiger partial charge in [0.15, 0.2) is 0 Å². The van der Waals surface area contributed by atoms with Gasteiger partial charge < -0.3 is 15.4 Å². The first-order valence-corrected chi connectivity index (χ1v) is 5.63. The summed E-state index contributed by atoms with van der Waals surface area (Å²) in [5.74, 6) is 0. The number of carbonyl (C=O) groups is 1. The zero-order valence-corrected chi connectivity index (χ0v) is 10.1. The molecule has 0 aromatic carbocycles. The van der Waals surface area contributed by atoms with Gasteiger partial charge in [0, 0.05) is 18.6 Å². The Morgan fingerprint density at radius 2 is 2.20 bits per heavy atom. The van der Waals surface area contributed by atoms with E-state index in [0.29, 0.717) is 6.04 Å². The number of hydrogen-bond acceptors (Lipinski definition) is 3. The fraction of sp³-hybridized carbons (Fsp3) is 0.909. The molecule has 4 heteroatoms. The van der Waals surface area contributed by atoms with Crippen LogP contribution in [0.3, 0.4) is 0 Å². The molecule has 1 aliphatic heterocycles. The molecule has 1 fully saturated rings. The lowest BCUT2D eigenvalue weighted by Crippen LogP contribution is -2.40. The molecule has 1 rings (SSSR count). The molecule has 0 radical (unpaired) electrons. The van der Waals surface area contributed by atoms with Crippen LogP contribution in [0.15, 0.2) is 0 Å². The monoisotopic (exact) mass is 214 g/mol. The van der Waals surface area contributed by atoms with Crippen LogP contribution in [0.5, 0.6) is 0 Å². The van der Waals surface area contributed by atoms with Crippen LogP contribution >= 0.6 is 0 Å². The number of nitrogens with one attached hydrogen (secondary N) is 2. The summed E-state index contributed by atoms with van der Waals surface area (Å²) in [6.07, 6.45) is 1.79. The predicted octanol–water partition coefficient (Wildman–Crippen LogP) is 1.65. The van der Waals surface area contributed by atoms with Crippen LogP contribution in [0, 0.1) is 0 Å². The molecule has 0 unspecified atom stereocenters. The van der Waals surface area contributed by atoms with E-state index in [1.54, 1.807) is 0 Å². The number of hydrogen-bond donors (Lipinski definition) is 2. The van der Waals surface area contributed by atoms with Crippen molar-refractivity contribution in [2.24, 2.45) is 0 Å². The Labute approximate surface area is 91.8 Å². The largest absolute Gasteiger partial charge is 0.444 e. The molecule has 0 aromatic rings. The Bertz CT molecular complexity index is 223. The lowest BCUT2D eigenvalue weighted by atomic mass is 10.1. The van der Waals surface area contributed by atoms with Gasteiger partial charge in [0.25, 0.3) is 0 Å². The average Bonchev–Trinajstić information content (AvgIpc) is 2.48. The van der Waals surface area contributed by atoms with E-state index in [1.165, 1.54) is 0 Å². The van der Waals surface area contributed by atoms with E-state index in [4.69, 9.17) is 4.74 Å². The topological polar surface area (TPSA) is 50.4 Å². The van der Waals surface area contributed by atoms with Crippen molar-refractivity contribution in [3.8, 4) is 0 Å². The minimum absolute atomic E-state index is 0.213. The van der Waals surface area contributed by atoms with Crippen LogP contribution in [0.2, 0.25) is 0 Å². The normalized spacial score (nSPS) is 26.4. The standard InChI is InChI=1S/C11H22N2O2/c1-5-8-6-9(7-12-8)13-10(14)15-11(2,3)4/h8-9,12H,5-7H2,1-4H3,(H,13,14)/t8-,9+/m1/s1. The smallest absolute Gasteiger partial charge is 0.407 e. The van der Waals surface area contributed by atoms with Crippen molar-refractivity contribution in [1.29, 1.82) is 0 Å². The molecule has 0 saturated carbocycles. The summed E-state index contributed by atoms with van der Waals surface area (Å²) in [5, 5.41) is 6.23. The maximum Gasteiger partial charge on any atom is 0.407 e. The van der Waals surface area contributed by atoms with Crippen LogP contribution < -0.4 is 10.6 Å². The zero-order valence-electron chi connectivity index (χ0n) is 10.1. The molecule has 1 heterocycles. The SMILES string of the molecule is CC[C@@H]1C[C@H](NC(=O)OC(C)(C)C)CN1. The molecule has 88 valence electrons. The van der Waals surface area contributed by atoms with Gasteiger partial charge in [-0.3, -0.25) is 0 Å². The maximum absolute atomic E-state index is 11.4. The lowest BCUT2D eigenvalue weighted by molar-refractivity contribution is 0.0508. The molecule has 0 spiro atoms. The van der Waals surface area contributed by atoms with Crippen LogP contribution in [0.4, 0.5) is 4.79 Å². The molecule has 4 nitrogen and oxygen atoms in total. The first kappa shape index (κ1) is 12.3. The Kier molecular flexibility index (Phi) is 3.97. The summed E-state index contributed by atoms with van der Waals surface area (Å²) in [6.45, 7) is 8.60. The van der Waals surface area contributed by atoms with Crippen LogP contribution in [0.25, 0.3) is 0 Å². The summed E-state index contributed by atoms with van der Waals surface area (Å²) in [7, 11) is 0. The van der Waals surface area contributed by atoms with E-state index in [9.17, 15) is 4.79 Å². The fourth-order valence-electron chi connectivity index (χ4n) is 1.71. The van der Waals surface area contributed by atoms with Gasteiger partial charge in [-0.15, -0.1) is 0 Å². The van der Waals surface area contributed by atoms with Crippen molar-refractivity contribution < 1.29 is 9.53 Å². The van der Waals surface area contributed by atoms with Gasteiger partial charge >= 0.3 is 6.09 Å². The Morgan fingerprint density at radius 3 is 2.67 bits per heavy atom. The number of rotatable bonds is 2. The summed E-state index contributed by atoms with van der Waals surface area (Å²) in [5.41, 5.74) is -0.416. The van der Waals surface area contributed by atoms with E-state index >= 15 is 0 Å². The number of carbonyl (C=O) groups excluding carboxylic acids is 1. The highest BCUT2D eigenvalue weighted by molar-refractivity contribution is 5.68. The van der Waals surface area contributed by atoms with E-state index < -0.39 is 5.60 Å². The highest BCUT2D eigenvalue weighted by Gasteiger charge is 2.25. The molecular weight excluding hydrogens is 192 g/mol. The number of alkyl carbamates (subject to hydrolysis) is 1. The first-order chi connectivity index (χ1) is 6.90. The summed E-state index contributed by atoms with van der Waals surface area (Å²) < 4.78 is 5.19. The third-order valence-electron chi connectivity index (χ3n) is 2.44. The van der Waals surface area contributed by atoms with E-state index in [1.807, 2.05) is 20.8 Å². The van der Waals surface area contributed by atoms with Gasteiger partial charge in [-0.1, -0.05) is 6.92 Å². The van der Waals surface area contributed by atoms with Crippen LogP contribution in [-0.2, 0) is 4.74 Å². The molecule has 2 N–H and O–H groups in total. The van der Waals surface area contributed by atoms with Crippen molar-refractivity contribution in [3.63, 3.8) is 0 Å². The molecule has 15 heavy (non-hydrogen) atoms. The second-order valence-corrected chi connectivity index (χ2v) is 5.09. The first-order valence-electron chi connectivity index (χ1n) is 5.63. The Hall–Kier alpha value is -0.770. The Balaban J connectivity index is 2.28. The van der Waals surface area contributed by atoms with Gasteiger partial charge in [-0.25, -0.2) is 4.79 Å². The molecule has 1 saturated heterocycles. The highest BCUT2D eigenvalue weighted by Crippen LogP contribution is 2.11. The molecular formula is C11H22N2O2. The van der Waals surface area contributed by atoms with Gasteiger partial charge in [0.2, 0.25) is 0 Å². The average molecular weight is 214 g/mol. The van der Waals surface area contributed by atoms with E-state index in [-0.39, 0.29) is 12.1 Å². The highest BCUT2D eigenvalue weighted by atomic mass is 16.6. The zero-order chi connectivity index (χ0) is 11.5. The minimum Gasteiger partial charge on any atom is -0.444 e. The third kappa shape index (κ3) is 4.51. The Morgan fingerprint density at radius 1 is 1.53 bits per heavy atom. The molecule has 0 aromatic heterocycles. The quantitative estimate of drug-likeness (QED) is 0.735. The third-order valence-corrected chi connectivity index (χ3v) is 2.44. The van der Waals surface area contributed by atoms with Crippen molar-refractivity contribution in [1.82, 2.24) is 10.6 Å². The molecule has 0 bridgehead atoms. The van der Waals surface area contributed by atoms with Crippen LogP contribution in [-0.4, -0.2) is 30.3 Å². The fourth-order valence-corrected chi connectivity index (χ4v) is 1.71. The summed E-state index contributed by atoms with van der Waals surface area (Å²) in [4.78, 5) is 11.4. The lowest BCUT2D eigenvalue weighted by Gasteiger charge is -2.21. The second-order valence-electron chi connectivity index (χ2n) is 5.09.